The Morgan fingerprint density at radius 2 is 1.67 bits per heavy atom. The van der Waals surface area contributed by atoms with Crippen molar-refractivity contribution in [3.63, 3.8) is 0 Å². The van der Waals surface area contributed by atoms with Crippen LogP contribution in [0.5, 0.6) is 0 Å². The first-order valence-corrected chi connectivity index (χ1v) is 9.58. The van der Waals surface area contributed by atoms with Gasteiger partial charge in [-0.15, -0.1) is 0 Å². The van der Waals surface area contributed by atoms with Gasteiger partial charge >= 0.3 is 0 Å². The van der Waals surface area contributed by atoms with Crippen LogP contribution in [-0.2, 0) is 0 Å². The predicted molar refractivity (Wildman–Crippen MR) is 116 cm³/mol. The minimum atomic E-state index is -0.0912. The first kappa shape index (κ1) is 18.0. The third-order valence-electron chi connectivity index (χ3n) is 5.29. The maximum atomic E-state index is 13.2. The third kappa shape index (κ3) is 2.99. The molecule has 3 aromatic heterocycles. The molecule has 0 radical (unpaired) electrons. The lowest BCUT2D eigenvalue weighted by molar-refractivity contribution is 0.432. The summed E-state index contributed by atoms with van der Waals surface area (Å²) in [5.41, 5.74) is 4.51. The molecule has 0 spiro atoms. The van der Waals surface area contributed by atoms with Crippen LogP contribution < -0.4 is 5.56 Å². The molecule has 5 rings (SSSR count). The van der Waals surface area contributed by atoms with Crippen LogP contribution in [-0.4, -0.2) is 19.7 Å². The quantitative estimate of drug-likeness (QED) is 0.443. The van der Waals surface area contributed by atoms with Gasteiger partial charge in [0.1, 0.15) is 0 Å². The van der Waals surface area contributed by atoms with Crippen molar-refractivity contribution >= 4 is 10.8 Å². The summed E-state index contributed by atoms with van der Waals surface area (Å²) in [6, 6.07) is 17.1. The summed E-state index contributed by atoms with van der Waals surface area (Å²) in [6.07, 6.45) is 5.14. The zero-order chi connectivity index (χ0) is 20.7. The molecule has 0 amide bonds. The first-order chi connectivity index (χ1) is 14.6. The molecule has 0 bridgehead atoms. The molecule has 0 fully saturated rings. The number of hydrogen-bond donors (Lipinski definition) is 0. The van der Waals surface area contributed by atoms with E-state index in [1.54, 1.807) is 23.2 Å². The van der Waals surface area contributed by atoms with Crippen molar-refractivity contribution in [3.05, 3.63) is 94.7 Å². The van der Waals surface area contributed by atoms with Gasteiger partial charge in [-0.25, -0.2) is 0 Å². The van der Waals surface area contributed by atoms with Crippen molar-refractivity contribution in [2.45, 2.75) is 13.8 Å². The van der Waals surface area contributed by atoms with Crippen LogP contribution in [0.2, 0.25) is 0 Å². The highest BCUT2D eigenvalue weighted by Gasteiger charge is 2.17. The molecule has 5 aromatic rings. The Morgan fingerprint density at radius 3 is 2.43 bits per heavy atom. The van der Waals surface area contributed by atoms with Crippen LogP contribution in [0.3, 0.4) is 0 Å². The normalized spacial score (nSPS) is 11.1. The minimum absolute atomic E-state index is 0.0912. The Morgan fingerprint density at radius 1 is 0.900 bits per heavy atom. The van der Waals surface area contributed by atoms with Crippen LogP contribution in [0.4, 0.5) is 0 Å². The van der Waals surface area contributed by atoms with Gasteiger partial charge in [0, 0.05) is 40.6 Å². The number of rotatable bonds is 3. The van der Waals surface area contributed by atoms with Crippen LogP contribution in [0, 0.1) is 13.8 Å². The summed E-state index contributed by atoms with van der Waals surface area (Å²) in [6.45, 7) is 4.08. The zero-order valence-electron chi connectivity index (χ0n) is 16.5. The van der Waals surface area contributed by atoms with Crippen LogP contribution in [0.1, 0.15) is 11.1 Å². The first-order valence-electron chi connectivity index (χ1n) is 9.58. The molecule has 30 heavy (non-hydrogen) atoms. The number of fused-ring (bicyclic) bond motifs is 1. The van der Waals surface area contributed by atoms with Gasteiger partial charge in [0.25, 0.3) is 11.4 Å². The summed E-state index contributed by atoms with van der Waals surface area (Å²) in [5, 5.41) is 5.48. The lowest BCUT2D eigenvalue weighted by Gasteiger charge is -2.12. The average molecular weight is 394 g/mol. The van der Waals surface area contributed by atoms with E-state index in [1.807, 2.05) is 68.4 Å². The topological polar surface area (TPSA) is 73.8 Å². The molecule has 0 N–H and O–H groups in total. The molecule has 3 heterocycles. The van der Waals surface area contributed by atoms with Crippen LogP contribution in [0.15, 0.2) is 82.5 Å². The van der Waals surface area contributed by atoms with Gasteiger partial charge in [-0.3, -0.25) is 14.3 Å². The predicted octanol–water partition coefficient (Wildman–Crippen LogP) is 4.72. The zero-order valence-corrected chi connectivity index (χ0v) is 16.5. The summed E-state index contributed by atoms with van der Waals surface area (Å²) in [7, 11) is 0. The highest BCUT2D eigenvalue weighted by Crippen LogP contribution is 2.28. The van der Waals surface area contributed by atoms with Crippen molar-refractivity contribution in [1.29, 1.82) is 0 Å². The molecule has 146 valence electrons. The second-order valence-corrected chi connectivity index (χ2v) is 7.19. The molecule has 0 saturated carbocycles. The van der Waals surface area contributed by atoms with Crippen LogP contribution >= 0.6 is 0 Å². The lowest BCUT2D eigenvalue weighted by atomic mass is 10.1. The molecule has 0 saturated heterocycles. The van der Waals surface area contributed by atoms with Crippen molar-refractivity contribution in [2.24, 2.45) is 0 Å². The van der Waals surface area contributed by atoms with Gasteiger partial charge in [0.15, 0.2) is 0 Å². The standard InChI is InChI=1S/C24H18N4O2/c1-15-7-8-18(13-16(15)2)28-14-21(19-5-3-4-6-20(19)24(28)29)23-26-22(27-30-23)17-9-11-25-12-10-17/h3-14H,1-2H3. The molecule has 0 aliphatic carbocycles. The van der Waals surface area contributed by atoms with Crippen LogP contribution in [0.25, 0.3) is 39.3 Å². The van der Waals surface area contributed by atoms with E-state index in [4.69, 9.17) is 4.52 Å². The van der Waals surface area contributed by atoms with Gasteiger partial charge < -0.3 is 4.52 Å². The largest absolute Gasteiger partial charge is 0.334 e. The highest BCUT2D eigenvalue weighted by atomic mass is 16.5. The number of pyridine rings is 2. The summed E-state index contributed by atoms with van der Waals surface area (Å²) in [5.74, 6) is 0.830. The summed E-state index contributed by atoms with van der Waals surface area (Å²) >= 11 is 0. The fraction of sp³-hybridized carbons (Fsp3) is 0.0833. The fourth-order valence-corrected chi connectivity index (χ4v) is 3.48. The number of aryl methyl sites for hydroxylation is 2. The smallest absolute Gasteiger partial charge is 0.262 e. The fourth-order valence-electron chi connectivity index (χ4n) is 3.48. The van der Waals surface area contributed by atoms with E-state index < -0.39 is 0 Å². The van der Waals surface area contributed by atoms with Gasteiger partial charge in [-0.1, -0.05) is 29.4 Å². The minimum Gasteiger partial charge on any atom is -0.334 e. The van der Waals surface area contributed by atoms with E-state index in [2.05, 4.69) is 15.1 Å². The average Bonchev–Trinajstić information content (AvgIpc) is 3.27. The highest BCUT2D eigenvalue weighted by molar-refractivity contribution is 5.94. The van der Waals surface area contributed by atoms with E-state index in [0.717, 1.165) is 22.2 Å². The molecule has 6 nitrogen and oxygen atoms in total. The van der Waals surface area contributed by atoms with Gasteiger partial charge in [0.2, 0.25) is 5.82 Å². The number of benzene rings is 2. The van der Waals surface area contributed by atoms with E-state index in [0.29, 0.717) is 22.7 Å². The molecule has 0 aliphatic heterocycles. The van der Waals surface area contributed by atoms with Crippen molar-refractivity contribution in [1.82, 2.24) is 19.7 Å². The molecule has 0 unspecified atom stereocenters. The summed E-state index contributed by atoms with van der Waals surface area (Å²) < 4.78 is 7.23. The monoisotopic (exact) mass is 394 g/mol. The van der Waals surface area contributed by atoms with Crippen molar-refractivity contribution in [2.75, 3.05) is 0 Å². The van der Waals surface area contributed by atoms with E-state index in [1.165, 1.54) is 5.56 Å². The van der Waals surface area contributed by atoms with Gasteiger partial charge in [-0.2, -0.15) is 4.98 Å². The Balaban J connectivity index is 1.74. The second kappa shape index (κ2) is 7.08. The molecule has 6 heteroatoms. The second-order valence-electron chi connectivity index (χ2n) is 7.19. The summed E-state index contributed by atoms with van der Waals surface area (Å²) in [4.78, 5) is 21.8. The van der Waals surface area contributed by atoms with E-state index in [9.17, 15) is 4.79 Å². The lowest BCUT2D eigenvalue weighted by Crippen LogP contribution is -2.18. The van der Waals surface area contributed by atoms with Crippen molar-refractivity contribution in [3.8, 4) is 28.5 Å². The molecule has 0 atom stereocenters. The van der Waals surface area contributed by atoms with E-state index >= 15 is 0 Å². The molecular formula is C24H18N4O2. The third-order valence-corrected chi connectivity index (χ3v) is 5.29. The van der Waals surface area contributed by atoms with Gasteiger partial charge in [-0.05, 0) is 55.3 Å². The maximum absolute atomic E-state index is 13.2. The Kier molecular flexibility index (Phi) is 4.25. The van der Waals surface area contributed by atoms with Gasteiger partial charge in [0.05, 0.1) is 5.56 Å². The molecule has 2 aromatic carbocycles. The SMILES string of the molecule is Cc1ccc(-n2cc(-c3nc(-c4ccncc4)no3)c3ccccc3c2=O)cc1C. The van der Waals surface area contributed by atoms with E-state index in [-0.39, 0.29) is 5.56 Å². The Hall–Kier alpha value is -4.06. The Bertz CT molecular complexity index is 1440. The number of aromatic nitrogens is 4. The van der Waals surface area contributed by atoms with Crippen molar-refractivity contribution < 1.29 is 4.52 Å². The molecule has 0 aliphatic rings. The Labute approximate surface area is 172 Å². The maximum Gasteiger partial charge on any atom is 0.262 e. The number of hydrogen-bond acceptors (Lipinski definition) is 5. The molecular weight excluding hydrogens is 376 g/mol. The number of nitrogens with zero attached hydrogens (tertiary/aromatic N) is 4.